The van der Waals surface area contributed by atoms with Crippen molar-refractivity contribution in [2.45, 2.75) is 202 Å². The van der Waals surface area contributed by atoms with E-state index in [1.165, 1.54) is 12.8 Å². The van der Waals surface area contributed by atoms with E-state index in [2.05, 4.69) is 27.7 Å². The fourth-order valence-electron chi connectivity index (χ4n) is 14.7. The van der Waals surface area contributed by atoms with Gasteiger partial charge in [0.2, 0.25) is 0 Å². The Balaban J connectivity index is 0.833. The topological polar surface area (TPSA) is 276 Å². The average Bonchev–Trinajstić information content (AvgIpc) is 3.72. The first kappa shape index (κ1) is 47.4. The average molecular weight is 903 g/mol. The molecule has 362 valence electrons. The Morgan fingerprint density at radius 1 is 0.556 bits per heavy atom. The van der Waals surface area contributed by atoms with Gasteiger partial charge in [-0.2, -0.15) is 0 Å². The first-order chi connectivity index (χ1) is 30.0. The second-order valence-electron chi connectivity index (χ2n) is 21.5. The largest absolute Gasteiger partial charge is 0.394 e. The molecule has 18 nitrogen and oxygen atoms in total. The van der Waals surface area contributed by atoms with E-state index >= 15 is 0 Å². The van der Waals surface area contributed by atoms with E-state index < -0.39 is 118 Å². The van der Waals surface area contributed by atoms with Crippen LogP contribution in [0.25, 0.3) is 0 Å². The molecule has 5 saturated heterocycles. The van der Waals surface area contributed by atoms with Crippen LogP contribution in [-0.4, -0.2) is 188 Å². The summed E-state index contributed by atoms with van der Waals surface area (Å²) in [6.07, 6.45) is -14.2. The third kappa shape index (κ3) is 7.88. The lowest BCUT2D eigenvalue weighted by Crippen LogP contribution is -2.67. The molecule has 0 radical (unpaired) electrons. The molecular weight excluding hydrogens is 828 g/mol. The van der Waals surface area contributed by atoms with Crippen LogP contribution in [0.2, 0.25) is 0 Å². The van der Waals surface area contributed by atoms with Crippen molar-refractivity contribution in [3.63, 3.8) is 0 Å². The first-order valence-electron chi connectivity index (χ1n) is 23.8. The zero-order valence-corrected chi connectivity index (χ0v) is 37.0. The van der Waals surface area contributed by atoms with Gasteiger partial charge in [-0.3, -0.25) is 0 Å². The molecule has 9 fully saturated rings. The number of hydrogen-bond donors (Lipinski definition) is 10. The summed E-state index contributed by atoms with van der Waals surface area (Å²) in [7, 11) is 0. The van der Waals surface area contributed by atoms with Crippen molar-refractivity contribution < 1.29 is 89.0 Å². The van der Waals surface area contributed by atoms with Crippen LogP contribution in [0, 0.1) is 52.3 Å². The molecule has 0 amide bonds. The molecule has 5 aliphatic heterocycles. The standard InChI is InChI=1S/C45H74O18/c1-19-7-12-45(56-18-19)20(2)30-26(63-45)14-25-23-6-5-21-13-22(8-10-43(21,3)24(23)9-11-44(25,30)4)57-40-37(55)35(53)38(29(17-48)60-40)61-42-39(34(52)32(50)28(16-47)59-42)62-41-36(54)33(51)31(49)27(15-46)58-41/h19-42,46-55H,5-18H2,1-4H3/t19-,20+,21-,22+,23?,24?,25?,26?,27-,28-,29-,30?,31+,32-,33+,34+,35-,36-,37-,38-,39-,40-,41+,42+,43+,44+,45-/m1/s1. The highest BCUT2D eigenvalue weighted by atomic mass is 16.8. The van der Waals surface area contributed by atoms with Gasteiger partial charge in [0.1, 0.15) is 73.2 Å². The van der Waals surface area contributed by atoms with Crippen molar-refractivity contribution in [3.8, 4) is 0 Å². The number of rotatable bonds is 9. The molecule has 0 aromatic rings. The van der Waals surface area contributed by atoms with Gasteiger partial charge in [0.05, 0.1) is 38.6 Å². The fourth-order valence-corrected chi connectivity index (χ4v) is 14.7. The van der Waals surface area contributed by atoms with Crippen molar-refractivity contribution >= 4 is 0 Å². The normalized spacial score (nSPS) is 58.2. The van der Waals surface area contributed by atoms with Gasteiger partial charge >= 0.3 is 0 Å². The van der Waals surface area contributed by atoms with Gasteiger partial charge in [-0.25, -0.2) is 0 Å². The molecule has 5 heterocycles. The van der Waals surface area contributed by atoms with Crippen molar-refractivity contribution in [2.75, 3.05) is 26.4 Å². The molecule has 0 aromatic carbocycles. The SMILES string of the molecule is C[C@@H]1CC[C@@]2(OC1)OC1CC3C4CC[C@@H]5C[C@@H](O[C@@H]6O[C@H](CO)[C@@H](O[C@@H]7O[C@H](CO)[C@@H](O)[C@H](O)[C@H]7O[C@@H]7O[C@H](CO)[C@H](O)[C@H](O)[C@H]7O)[C@H](O)[C@H]6O)CC[C@]5(C)C4CC[C@]3(C)C1[C@@H]2C. The van der Waals surface area contributed by atoms with Crippen LogP contribution in [0.1, 0.15) is 91.9 Å². The van der Waals surface area contributed by atoms with Gasteiger partial charge in [-0.1, -0.05) is 27.7 Å². The lowest BCUT2D eigenvalue weighted by Gasteiger charge is -2.61. The molecule has 18 heteroatoms. The van der Waals surface area contributed by atoms with Crippen LogP contribution in [0.15, 0.2) is 0 Å². The lowest BCUT2D eigenvalue weighted by atomic mass is 9.44. The minimum absolute atomic E-state index is 0.134. The molecule has 5 unspecified atom stereocenters. The molecule has 0 aromatic heterocycles. The zero-order valence-electron chi connectivity index (χ0n) is 37.0. The second-order valence-corrected chi connectivity index (χ2v) is 21.5. The number of hydrogen-bond acceptors (Lipinski definition) is 18. The Kier molecular flexibility index (Phi) is 13.5. The lowest BCUT2D eigenvalue weighted by molar-refractivity contribution is -0.390. The van der Waals surface area contributed by atoms with E-state index in [4.69, 9.17) is 37.9 Å². The van der Waals surface area contributed by atoms with E-state index in [1.807, 2.05) is 0 Å². The van der Waals surface area contributed by atoms with E-state index in [-0.39, 0.29) is 23.0 Å². The molecule has 9 aliphatic rings. The van der Waals surface area contributed by atoms with Crippen LogP contribution in [0.5, 0.6) is 0 Å². The predicted molar refractivity (Wildman–Crippen MR) is 216 cm³/mol. The highest BCUT2D eigenvalue weighted by molar-refractivity contribution is 5.15. The van der Waals surface area contributed by atoms with Gasteiger partial charge in [0.15, 0.2) is 24.7 Å². The van der Waals surface area contributed by atoms with Crippen LogP contribution in [0.4, 0.5) is 0 Å². The Labute approximate surface area is 369 Å². The summed E-state index contributed by atoms with van der Waals surface area (Å²) < 4.78 is 49.0. The van der Waals surface area contributed by atoms with Gasteiger partial charge in [0, 0.05) is 12.3 Å². The van der Waals surface area contributed by atoms with Gasteiger partial charge in [0.25, 0.3) is 0 Å². The Morgan fingerprint density at radius 2 is 1.16 bits per heavy atom. The first-order valence-corrected chi connectivity index (χ1v) is 23.8. The molecule has 4 aliphatic carbocycles. The van der Waals surface area contributed by atoms with Crippen LogP contribution in [-0.2, 0) is 37.9 Å². The second kappa shape index (κ2) is 18.0. The quantitative estimate of drug-likeness (QED) is 0.128. The smallest absolute Gasteiger partial charge is 0.187 e. The van der Waals surface area contributed by atoms with Crippen LogP contribution in [0.3, 0.4) is 0 Å². The summed E-state index contributed by atoms with van der Waals surface area (Å²) in [4.78, 5) is 0. The molecule has 0 bridgehead atoms. The van der Waals surface area contributed by atoms with Crippen molar-refractivity contribution in [3.05, 3.63) is 0 Å². The molecule has 9 rings (SSSR count). The van der Waals surface area contributed by atoms with Gasteiger partial charge in [-0.05, 0) is 104 Å². The monoisotopic (exact) mass is 902 g/mol. The van der Waals surface area contributed by atoms with Gasteiger partial charge in [-0.15, -0.1) is 0 Å². The van der Waals surface area contributed by atoms with Crippen LogP contribution < -0.4 is 0 Å². The highest BCUT2D eigenvalue weighted by Crippen LogP contribution is 2.71. The van der Waals surface area contributed by atoms with E-state index in [1.54, 1.807) is 0 Å². The van der Waals surface area contributed by atoms with E-state index in [0.717, 1.165) is 58.0 Å². The Morgan fingerprint density at radius 3 is 1.84 bits per heavy atom. The van der Waals surface area contributed by atoms with Crippen LogP contribution >= 0.6 is 0 Å². The minimum Gasteiger partial charge on any atom is -0.394 e. The maximum atomic E-state index is 11.5. The maximum Gasteiger partial charge on any atom is 0.187 e. The highest BCUT2D eigenvalue weighted by Gasteiger charge is 2.69. The summed E-state index contributed by atoms with van der Waals surface area (Å²) in [5, 5.41) is 106. The zero-order chi connectivity index (χ0) is 44.9. The molecule has 4 saturated carbocycles. The van der Waals surface area contributed by atoms with Crippen molar-refractivity contribution in [2.24, 2.45) is 52.3 Å². The summed E-state index contributed by atoms with van der Waals surface area (Å²) >= 11 is 0. The molecule has 1 spiro atoms. The molecule has 10 N–H and O–H groups in total. The molecule has 63 heavy (non-hydrogen) atoms. The number of ether oxygens (including phenoxy) is 8. The number of aliphatic hydroxyl groups excluding tert-OH is 10. The minimum atomic E-state index is -1.89. The third-order valence-corrected chi connectivity index (χ3v) is 18.3. The Bertz CT molecular complexity index is 1570. The number of fused-ring (bicyclic) bond motifs is 7. The third-order valence-electron chi connectivity index (χ3n) is 18.3. The molecular formula is C45H74O18. The van der Waals surface area contributed by atoms with Crippen molar-refractivity contribution in [1.82, 2.24) is 0 Å². The summed E-state index contributed by atoms with van der Waals surface area (Å²) in [5.41, 5.74) is 0.364. The number of aliphatic hydroxyl groups is 10. The predicted octanol–water partition coefficient (Wildman–Crippen LogP) is -0.734. The fraction of sp³-hybridized carbons (Fsp3) is 1.00. The van der Waals surface area contributed by atoms with E-state index in [9.17, 15) is 51.1 Å². The van der Waals surface area contributed by atoms with Gasteiger partial charge < -0.3 is 89.0 Å². The van der Waals surface area contributed by atoms with Crippen molar-refractivity contribution in [1.29, 1.82) is 0 Å². The summed E-state index contributed by atoms with van der Waals surface area (Å²) in [5.74, 6) is 3.29. The Hall–Kier alpha value is -0.720. The summed E-state index contributed by atoms with van der Waals surface area (Å²) in [6, 6.07) is 0. The van der Waals surface area contributed by atoms with E-state index in [0.29, 0.717) is 41.4 Å². The summed E-state index contributed by atoms with van der Waals surface area (Å²) in [6.45, 7) is 8.23. The maximum absolute atomic E-state index is 11.5. The molecule has 27 atom stereocenters.